The van der Waals surface area contributed by atoms with E-state index in [1.54, 1.807) is 16.2 Å². The smallest absolute Gasteiger partial charge is 0.254 e. The highest BCUT2D eigenvalue weighted by molar-refractivity contribution is 7.09. The van der Waals surface area contributed by atoms with Gasteiger partial charge in [-0.25, -0.2) is 0 Å². The van der Waals surface area contributed by atoms with Crippen LogP contribution in [-0.2, 0) is 17.9 Å². The summed E-state index contributed by atoms with van der Waals surface area (Å²) >= 11 is 1.64. The molecule has 1 heterocycles. The summed E-state index contributed by atoms with van der Waals surface area (Å²) in [6.07, 6.45) is 0.954. The van der Waals surface area contributed by atoms with Gasteiger partial charge in [0.05, 0.1) is 6.54 Å². The Morgan fingerprint density at radius 3 is 2.16 bits per heavy atom. The molecule has 1 aromatic heterocycles. The van der Waals surface area contributed by atoms with Crippen molar-refractivity contribution in [3.63, 3.8) is 0 Å². The molecule has 0 aliphatic rings. The first-order chi connectivity index (χ1) is 15.1. The lowest BCUT2D eigenvalue weighted by Gasteiger charge is -2.29. The van der Waals surface area contributed by atoms with Gasteiger partial charge in [0.25, 0.3) is 5.91 Å². The third-order valence-corrected chi connectivity index (χ3v) is 6.22. The molecule has 0 spiro atoms. The third-order valence-electron chi connectivity index (χ3n) is 5.36. The second kappa shape index (κ2) is 11.5. The maximum absolute atomic E-state index is 13.4. The molecule has 1 atom stereocenters. The largest absolute Gasteiger partial charge is 0.332 e. The molecule has 0 aliphatic heterocycles. The number of carbonyl (C=O) groups is 2. The van der Waals surface area contributed by atoms with Crippen molar-refractivity contribution in [2.75, 3.05) is 13.1 Å². The lowest BCUT2D eigenvalue weighted by atomic mass is 10.1. The first-order valence-electron chi connectivity index (χ1n) is 10.7. The molecule has 2 amide bonds. The van der Waals surface area contributed by atoms with E-state index in [0.717, 1.165) is 16.9 Å². The van der Waals surface area contributed by atoms with E-state index in [-0.39, 0.29) is 18.4 Å². The number of rotatable bonds is 10. The van der Waals surface area contributed by atoms with Gasteiger partial charge in [-0.15, -0.1) is 11.3 Å². The van der Waals surface area contributed by atoms with Gasteiger partial charge < -0.3 is 9.80 Å². The molecule has 3 aromatic rings. The fraction of sp³-hybridized carbons (Fsp3) is 0.308. The molecule has 2 aromatic carbocycles. The number of amides is 2. The van der Waals surface area contributed by atoms with Crippen molar-refractivity contribution in [1.29, 1.82) is 0 Å². The molecule has 1 unspecified atom stereocenters. The highest BCUT2D eigenvalue weighted by Gasteiger charge is 2.24. The van der Waals surface area contributed by atoms with Crippen LogP contribution < -0.4 is 0 Å². The molecule has 3 rings (SSSR count). The minimum atomic E-state index is -0.0926. The zero-order chi connectivity index (χ0) is 22.1. The topological polar surface area (TPSA) is 40.6 Å². The van der Waals surface area contributed by atoms with Gasteiger partial charge in [0.15, 0.2) is 0 Å². The number of carbonyl (C=O) groups excluding carboxylic acids is 2. The monoisotopic (exact) mass is 434 g/mol. The van der Waals surface area contributed by atoms with Crippen LogP contribution in [0.2, 0.25) is 0 Å². The van der Waals surface area contributed by atoms with Crippen LogP contribution in [0.25, 0.3) is 0 Å². The summed E-state index contributed by atoms with van der Waals surface area (Å²) in [5, 5.41) is 2.02. The highest BCUT2D eigenvalue weighted by Crippen LogP contribution is 2.16. The van der Waals surface area contributed by atoms with Gasteiger partial charge in [0, 0.05) is 23.5 Å². The van der Waals surface area contributed by atoms with Crippen LogP contribution in [-0.4, -0.2) is 34.7 Å². The van der Waals surface area contributed by atoms with Crippen LogP contribution in [0.5, 0.6) is 0 Å². The van der Waals surface area contributed by atoms with E-state index in [1.165, 1.54) is 0 Å². The zero-order valence-corrected chi connectivity index (χ0v) is 19.1. The molecule has 0 aliphatic carbocycles. The lowest BCUT2D eigenvalue weighted by molar-refractivity contribution is -0.133. The molecule has 4 nitrogen and oxygen atoms in total. The molecular weight excluding hydrogens is 404 g/mol. The maximum Gasteiger partial charge on any atom is 0.254 e. The molecule has 0 saturated carbocycles. The molecule has 162 valence electrons. The average Bonchev–Trinajstić information content (AvgIpc) is 3.32. The van der Waals surface area contributed by atoms with Crippen LogP contribution in [0.15, 0.2) is 78.2 Å². The quantitative estimate of drug-likeness (QED) is 0.425. The predicted octanol–water partition coefficient (Wildman–Crippen LogP) is 5.47. The van der Waals surface area contributed by atoms with Gasteiger partial charge in [0.1, 0.15) is 6.54 Å². The SMILES string of the molecule is CCC(C)CN(CC(=O)N(Cc1ccccc1)Cc1cccs1)C(=O)c1ccccc1. The number of thiophene rings is 1. The molecule has 31 heavy (non-hydrogen) atoms. The maximum atomic E-state index is 13.4. The second-order valence-electron chi connectivity index (χ2n) is 7.88. The van der Waals surface area contributed by atoms with E-state index in [0.29, 0.717) is 31.1 Å². The molecule has 0 radical (unpaired) electrons. The van der Waals surface area contributed by atoms with E-state index in [1.807, 2.05) is 83.1 Å². The van der Waals surface area contributed by atoms with Crippen molar-refractivity contribution in [3.8, 4) is 0 Å². The highest BCUT2D eigenvalue weighted by atomic mass is 32.1. The molecular formula is C26H30N2O2S. The average molecular weight is 435 g/mol. The van der Waals surface area contributed by atoms with E-state index in [9.17, 15) is 9.59 Å². The molecule has 0 N–H and O–H groups in total. The van der Waals surface area contributed by atoms with E-state index >= 15 is 0 Å². The van der Waals surface area contributed by atoms with Gasteiger partial charge in [-0.1, -0.05) is 74.9 Å². The van der Waals surface area contributed by atoms with Crippen LogP contribution in [0.4, 0.5) is 0 Å². The number of nitrogens with zero attached hydrogens (tertiary/aromatic N) is 2. The van der Waals surface area contributed by atoms with Crippen LogP contribution in [0.3, 0.4) is 0 Å². The minimum absolute atomic E-state index is 0.0372. The zero-order valence-electron chi connectivity index (χ0n) is 18.2. The Bertz CT molecular complexity index is 942. The Balaban J connectivity index is 1.80. The fourth-order valence-corrected chi connectivity index (χ4v) is 4.10. The molecule has 0 saturated heterocycles. The van der Waals surface area contributed by atoms with Gasteiger partial charge in [-0.3, -0.25) is 9.59 Å². The summed E-state index contributed by atoms with van der Waals surface area (Å²) in [5.74, 6) is 0.190. The standard InChI is InChI=1S/C26H30N2O2S/c1-3-21(2)17-28(26(30)23-13-8-5-9-14-23)20-25(29)27(19-24-15-10-16-31-24)18-22-11-6-4-7-12-22/h4-16,21H,3,17-20H2,1-2H3. The molecule has 5 heteroatoms. The first kappa shape index (κ1) is 22.8. The third kappa shape index (κ3) is 6.79. The second-order valence-corrected chi connectivity index (χ2v) is 8.91. The fourth-order valence-electron chi connectivity index (χ4n) is 3.38. The summed E-state index contributed by atoms with van der Waals surface area (Å²) in [5.41, 5.74) is 1.70. The summed E-state index contributed by atoms with van der Waals surface area (Å²) in [6, 6.07) is 23.3. The summed E-state index contributed by atoms with van der Waals surface area (Å²) in [4.78, 5) is 31.3. The Labute approximate surface area is 189 Å². The van der Waals surface area contributed by atoms with Crippen molar-refractivity contribution >= 4 is 23.2 Å². The number of hydrogen-bond donors (Lipinski definition) is 0. The van der Waals surface area contributed by atoms with Crippen LogP contribution >= 0.6 is 11.3 Å². The molecule has 0 fully saturated rings. The molecule has 0 bridgehead atoms. The Morgan fingerprint density at radius 2 is 1.55 bits per heavy atom. The minimum Gasteiger partial charge on any atom is -0.332 e. The van der Waals surface area contributed by atoms with E-state index in [4.69, 9.17) is 0 Å². The van der Waals surface area contributed by atoms with Gasteiger partial charge in [-0.05, 0) is 35.1 Å². The van der Waals surface area contributed by atoms with Crippen LogP contribution in [0.1, 0.15) is 41.1 Å². The lowest BCUT2D eigenvalue weighted by Crippen LogP contribution is -2.44. The Morgan fingerprint density at radius 1 is 0.871 bits per heavy atom. The van der Waals surface area contributed by atoms with E-state index < -0.39 is 0 Å². The predicted molar refractivity (Wildman–Crippen MR) is 127 cm³/mol. The van der Waals surface area contributed by atoms with Crippen molar-refractivity contribution < 1.29 is 9.59 Å². The first-order valence-corrected chi connectivity index (χ1v) is 11.6. The van der Waals surface area contributed by atoms with Gasteiger partial charge in [0.2, 0.25) is 5.91 Å². The van der Waals surface area contributed by atoms with Gasteiger partial charge in [-0.2, -0.15) is 0 Å². The van der Waals surface area contributed by atoms with E-state index in [2.05, 4.69) is 13.8 Å². The van der Waals surface area contributed by atoms with Crippen molar-refractivity contribution in [3.05, 3.63) is 94.2 Å². The Kier molecular flexibility index (Phi) is 8.42. The van der Waals surface area contributed by atoms with Crippen molar-refractivity contribution in [2.24, 2.45) is 5.92 Å². The Hall–Kier alpha value is -2.92. The van der Waals surface area contributed by atoms with Crippen molar-refractivity contribution in [2.45, 2.75) is 33.4 Å². The van der Waals surface area contributed by atoms with Gasteiger partial charge >= 0.3 is 0 Å². The van der Waals surface area contributed by atoms with Crippen molar-refractivity contribution in [1.82, 2.24) is 9.80 Å². The summed E-state index contributed by atoms with van der Waals surface area (Å²) < 4.78 is 0. The summed E-state index contributed by atoms with van der Waals surface area (Å²) in [7, 11) is 0. The summed E-state index contributed by atoms with van der Waals surface area (Å²) in [6.45, 7) is 5.93. The number of hydrogen-bond acceptors (Lipinski definition) is 3. The van der Waals surface area contributed by atoms with Crippen LogP contribution in [0, 0.1) is 5.92 Å². The normalized spacial score (nSPS) is 11.7. The number of benzene rings is 2.